The van der Waals surface area contributed by atoms with Gasteiger partial charge in [0.15, 0.2) is 0 Å². The largest absolute Gasteiger partial charge is 0.341 e. The molecular weight excluding hydrogens is 307 g/mol. The molecule has 0 bridgehead atoms. The van der Waals surface area contributed by atoms with Crippen LogP contribution in [0.25, 0.3) is 0 Å². The predicted molar refractivity (Wildman–Crippen MR) is 90.1 cm³/mol. The van der Waals surface area contributed by atoms with E-state index in [1.807, 2.05) is 4.90 Å². The molecular formula is C19H25FN2O2. The van der Waals surface area contributed by atoms with Crippen molar-refractivity contribution < 1.29 is 14.0 Å². The second-order valence-electron chi connectivity index (χ2n) is 6.81. The Morgan fingerprint density at radius 1 is 0.833 bits per heavy atom. The summed E-state index contributed by atoms with van der Waals surface area (Å²) >= 11 is 0. The van der Waals surface area contributed by atoms with Crippen LogP contribution in [0, 0.1) is 11.7 Å². The highest BCUT2D eigenvalue weighted by Gasteiger charge is 2.28. The maximum atomic E-state index is 13.0. The van der Waals surface area contributed by atoms with Gasteiger partial charge in [-0.25, -0.2) is 4.39 Å². The summed E-state index contributed by atoms with van der Waals surface area (Å²) in [5.41, 5.74) is 0.503. The summed E-state index contributed by atoms with van der Waals surface area (Å²) in [6.07, 6.45) is 6.36. The van der Waals surface area contributed by atoms with E-state index in [2.05, 4.69) is 0 Å². The Labute approximate surface area is 142 Å². The monoisotopic (exact) mass is 332 g/mol. The van der Waals surface area contributed by atoms with E-state index in [-0.39, 0.29) is 23.5 Å². The number of rotatable bonds is 2. The molecule has 4 nitrogen and oxygen atoms in total. The molecule has 3 rings (SSSR count). The summed E-state index contributed by atoms with van der Waals surface area (Å²) in [6.45, 7) is 2.52. The van der Waals surface area contributed by atoms with E-state index in [0.29, 0.717) is 25.2 Å². The van der Waals surface area contributed by atoms with Gasteiger partial charge in [-0.3, -0.25) is 9.59 Å². The number of hydrogen-bond donors (Lipinski definition) is 0. The molecule has 0 unspecified atom stereocenters. The van der Waals surface area contributed by atoms with E-state index < -0.39 is 0 Å². The second kappa shape index (κ2) is 7.77. The lowest BCUT2D eigenvalue weighted by atomic mass is 9.88. The number of benzene rings is 1. The summed E-state index contributed by atoms with van der Waals surface area (Å²) in [5, 5.41) is 0. The van der Waals surface area contributed by atoms with Crippen molar-refractivity contribution in [2.45, 2.75) is 38.5 Å². The number of amides is 2. The average molecular weight is 332 g/mol. The molecule has 1 saturated heterocycles. The van der Waals surface area contributed by atoms with Crippen LogP contribution in [0.15, 0.2) is 24.3 Å². The zero-order valence-electron chi connectivity index (χ0n) is 14.0. The van der Waals surface area contributed by atoms with Crippen LogP contribution < -0.4 is 0 Å². The van der Waals surface area contributed by atoms with E-state index in [4.69, 9.17) is 0 Å². The lowest BCUT2D eigenvalue weighted by Crippen LogP contribution is -2.40. The average Bonchev–Trinajstić information content (AvgIpc) is 2.88. The molecule has 1 aromatic carbocycles. The molecule has 130 valence electrons. The third-order valence-corrected chi connectivity index (χ3v) is 5.14. The molecule has 0 radical (unpaired) electrons. The van der Waals surface area contributed by atoms with E-state index >= 15 is 0 Å². The van der Waals surface area contributed by atoms with Gasteiger partial charge in [0, 0.05) is 37.7 Å². The van der Waals surface area contributed by atoms with Gasteiger partial charge in [-0.2, -0.15) is 0 Å². The van der Waals surface area contributed by atoms with Crippen molar-refractivity contribution in [3.05, 3.63) is 35.6 Å². The first-order valence-electron chi connectivity index (χ1n) is 8.99. The van der Waals surface area contributed by atoms with Gasteiger partial charge in [0.2, 0.25) is 5.91 Å². The molecule has 2 aliphatic rings. The number of hydrogen-bond acceptors (Lipinski definition) is 2. The molecule has 0 N–H and O–H groups in total. The number of halogens is 1. The third kappa shape index (κ3) is 3.94. The second-order valence-corrected chi connectivity index (χ2v) is 6.81. The van der Waals surface area contributed by atoms with E-state index in [1.165, 1.54) is 30.7 Å². The predicted octanol–water partition coefficient (Wildman–Crippen LogP) is 3.08. The highest BCUT2D eigenvalue weighted by atomic mass is 19.1. The quantitative estimate of drug-likeness (QED) is 0.835. The summed E-state index contributed by atoms with van der Waals surface area (Å²) in [7, 11) is 0. The minimum atomic E-state index is -0.341. The van der Waals surface area contributed by atoms with Crippen molar-refractivity contribution in [3.63, 3.8) is 0 Å². The highest BCUT2D eigenvalue weighted by molar-refractivity contribution is 5.94. The van der Waals surface area contributed by atoms with Crippen molar-refractivity contribution in [1.29, 1.82) is 0 Å². The van der Waals surface area contributed by atoms with Crippen molar-refractivity contribution in [2.24, 2.45) is 5.92 Å². The summed E-state index contributed by atoms with van der Waals surface area (Å²) in [6, 6.07) is 5.66. The first-order chi connectivity index (χ1) is 11.6. The Bertz CT molecular complexity index is 582. The molecule has 1 heterocycles. The molecule has 5 heteroatoms. The molecule has 1 aliphatic heterocycles. The van der Waals surface area contributed by atoms with Crippen molar-refractivity contribution in [2.75, 3.05) is 26.2 Å². The molecule has 1 aromatic rings. The topological polar surface area (TPSA) is 40.6 Å². The number of carbonyl (C=O) groups is 2. The third-order valence-electron chi connectivity index (χ3n) is 5.14. The van der Waals surface area contributed by atoms with E-state index in [0.717, 1.165) is 38.6 Å². The Balaban J connectivity index is 1.59. The van der Waals surface area contributed by atoms with Gasteiger partial charge in [-0.05, 0) is 43.5 Å². The van der Waals surface area contributed by atoms with Crippen LogP contribution >= 0.6 is 0 Å². The molecule has 2 fully saturated rings. The minimum absolute atomic E-state index is 0.0815. The maximum absolute atomic E-state index is 13.0. The Kier molecular flexibility index (Phi) is 5.48. The zero-order chi connectivity index (χ0) is 16.9. The fourth-order valence-electron chi connectivity index (χ4n) is 3.72. The number of nitrogens with zero attached hydrogens (tertiary/aromatic N) is 2. The highest BCUT2D eigenvalue weighted by Crippen LogP contribution is 2.26. The first-order valence-corrected chi connectivity index (χ1v) is 8.99. The smallest absolute Gasteiger partial charge is 0.253 e. The maximum Gasteiger partial charge on any atom is 0.253 e. The Hall–Kier alpha value is -1.91. The number of carbonyl (C=O) groups excluding carboxylic acids is 2. The zero-order valence-corrected chi connectivity index (χ0v) is 14.0. The van der Waals surface area contributed by atoms with Gasteiger partial charge in [-0.15, -0.1) is 0 Å². The lowest BCUT2D eigenvalue weighted by Gasteiger charge is -2.28. The van der Waals surface area contributed by atoms with Gasteiger partial charge >= 0.3 is 0 Å². The normalized spacial score (nSPS) is 19.9. The molecule has 2 amide bonds. The van der Waals surface area contributed by atoms with Crippen LogP contribution in [0.1, 0.15) is 48.9 Å². The fourth-order valence-corrected chi connectivity index (χ4v) is 3.72. The molecule has 24 heavy (non-hydrogen) atoms. The molecule has 0 aromatic heterocycles. The molecule has 0 atom stereocenters. The van der Waals surface area contributed by atoms with Gasteiger partial charge in [0.25, 0.3) is 5.91 Å². The fraction of sp³-hybridized carbons (Fsp3) is 0.579. The van der Waals surface area contributed by atoms with E-state index in [9.17, 15) is 14.0 Å². The van der Waals surface area contributed by atoms with Crippen LogP contribution in [0.3, 0.4) is 0 Å². The molecule has 1 saturated carbocycles. The Morgan fingerprint density at radius 2 is 1.46 bits per heavy atom. The van der Waals surface area contributed by atoms with Gasteiger partial charge in [0.1, 0.15) is 5.82 Å². The summed E-state index contributed by atoms with van der Waals surface area (Å²) in [4.78, 5) is 28.9. The van der Waals surface area contributed by atoms with Gasteiger partial charge < -0.3 is 9.80 Å². The SMILES string of the molecule is O=C(c1ccc(F)cc1)N1CCCN(C(=O)C2CCCCC2)CC1. The van der Waals surface area contributed by atoms with Crippen LogP contribution in [0.4, 0.5) is 4.39 Å². The summed E-state index contributed by atoms with van der Waals surface area (Å²) in [5.74, 6) is 0.0255. The van der Waals surface area contributed by atoms with Crippen LogP contribution in [-0.4, -0.2) is 47.8 Å². The van der Waals surface area contributed by atoms with Gasteiger partial charge in [0.05, 0.1) is 0 Å². The van der Waals surface area contributed by atoms with Crippen molar-refractivity contribution in [3.8, 4) is 0 Å². The Morgan fingerprint density at radius 3 is 2.17 bits per heavy atom. The van der Waals surface area contributed by atoms with Gasteiger partial charge in [-0.1, -0.05) is 19.3 Å². The van der Waals surface area contributed by atoms with E-state index in [1.54, 1.807) is 4.90 Å². The standard InChI is InChI=1S/C19H25FN2O2/c20-17-9-7-16(8-10-17)19(24)22-12-4-11-21(13-14-22)18(23)15-5-2-1-3-6-15/h7-10,15H,1-6,11-14H2. The molecule has 1 aliphatic carbocycles. The minimum Gasteiger partial charge on any atom is -0.341 e. The van der Waals surface area contributed by atoms with Crippen LogP contribution in [0.2, 0.25) is 0 Å². The van der Waals surface area contributed by atoms with Crippen molar-refractivity contribution in [1.82, 2.24) is 9.80 Å². The molecule has 0 spiro atoms. The van der Waals surface area contributed by atoms with Crippen molar-refractivity contribution >= 4 is 11.8 Å². The van der Waals surface area contributed by atoms with Crippen LogP contribution in [0.5, 0.6) is 0 Å². The van der Waals surface area contributed by atoms with Crippen LogP contribution in [-0.2, 0) is 4.79 Å². The lowest BCUT2D eigenvalue weighted by molar-refractivity contribution is -0.136. The first kappa shape index (κ1) is 16.9. The summed E-state index contributed by atoms with van der Waals surface area (Å²) < 4.78 is 13.0.